The highest BCUT2D eigenvalue weighted by atomic mass is 127. The predicted molar refractivity (Wildman–Crippen MR) is 58.4 cm³/mol. The molecule has 0 atom stereocenters. The largest absolute Gasteiger partial charge is 0.399 e. The zero-order valence-corrected chi connectivity index (χ0v) is 9.20. The lowest BCUT2D eigenvalue weighted by atomic mass is 10.1. The lowest BCUT2D eigenvalue weighted by Crippen LogP contribution is -1.97. The normalized spacial score (nSPS) is 11.4. The van der Waals surface area contributed by atoms with Crippen LogP contribution in [0.4, 0.5) is 0 Å². The standard InChI is InChI=1S/C9H10INO/c1-7(11-12-2)8-5-3-4-6-9(8)10/h3-6H,1-2H3. The molecule has 0 aromatic heterocycles. The second kappa shape index (κ2) is 4.45. The summed E-state index contributed by atoms with van der Waals surface area (Å²) in [6, 6.07) is 8.07. The summed E-state index contributed by atoms with van der Waals surface area (Å²) in [7, 11) is 1.55. The van der Waals surface area contributed by atoms with E-state index in [0.717, 1.165) is 11.3 Å². The minimum atomic E-state index is 0.905. The predicted octanol–water partition coefficient (Wildman–Crippen LogP) is 2.66. The molecule has 0 unspecified atom stereocenters. The highest BCUT2D eigenvalue weighted by Gasteiger charge is 2.01. The highest BCUT2D eigenvalue weighted by molar-refractivity contribution is 14.1. The first-order chi connectivity index (χ1) is 5.75. The number of rotatable bonds is 2. The fourth-order valence-electron chi connectivity index (χ4n) is 0.941. The van der Waals surface area contributed by atoms with Crippen molar-refractivity contribution >= 4 is 28.3 Å². The van der Waals surface area contributed by atoms with Gasteiger partial charge in [-0.1, -0.05) is 23.4 Å². The number of benzene rings is 1. The minimum absolute atomic E-state index is 0.905. The average Bonchev–Trinajstić information content (AvgIpc) is 2.05. The van der Waals surface area contributed by atoms with Gasteiger partial charge < -0.3 is 4.84 Å². The van der Waals surface area contributed by atoms with Crippen LogP contribution in [0, 0.1) is 3.57 Å². The summed E-state index contributed by atoms with van der Waals surface area (Å²) in [6.07, 6.45) is 0. The molecule has 64 valence electrons. The Morgan fingerprint density at radius 1 is 1.42 bits per heavy atom. The number of oxime groups is 1. The van der Waals surface area contributed by atoms with Crippen LogP contribution in [0.3, 0.4) is 0 Å². The molecule has 0 fully saturated rings. The third-order valence-electron chi connectivity index (χ3n) is 1.49. The molecule has 0 saturated heterocycles. The summed E-state index contributed by atoms with van der Waals surface area (Å²) < 4.78 is 1.19. The van der Waals surface area contributed by atoms with Crippen molar-refractivity contribution in [2.75, 3.05) is 7.11 Å². The van der Waals surface area contributed by atoms with E-state index < -0.39 is 0 Å². The van der Waals surface area contributed by atoms with Crippen molar-refractivity contribution in [3.8, 4) is 0 Å². The molecule has 0 radical (unpaired) electrons. The molecule has 0 aliphatic rings. The molecule has 3 heteroatoms. The van der Waals surface area contributed by atoms with Crippen molar-refractivity contribution in [3.63, 3.8) is 0 Å². The summed E-state index contributed by atoms with van der Waals surface area (Å²) >= 11 is 2.28. The van der Waals surface area contributed by atoms with Gasteiger partial charge in [0.15, 0.2) is 0 Å². The summed E-state index contributed by atoms with van der Waals surface area (Å²) in [5.41, 5.74) is 2.03. The quantitative estimate of drug-likeness (QED) is 0.462. The number of hydrogen-bond donors (Lipinski definition) is 0. The molecule has 0 N–H and O–H groups in total. The van der Waals surface area contributed by atoms with Crippen LogP contribution in [0.15, 0.2) is 29.4 Å². The Bertz CT molecular complexity index is 296. The Morgan fingerprint density at radius 2 is 2.08 bits per heavy atom. The van der Waals surface area contributed by atoms with E-state index in [2.05, 4.69) is 27.7 Å². The van der Waals surface area contributed by atoms with Crippen LogP contribution < -0.4 is 0 Å². The van der Waals surface area contributed by atoms with Crippen molar-refractivity contribution < 1.29 is 4.84 Å². The molecule has 1 aromatic carbocycles. The zero-order valence-electron chi connectivity index (χ0n) is 7.04. The van der Waals surface area contributed by atoms with E-state index in [-0.39, 0.29) is 0 Å². The van der Waals surface area contributed by atoms with E-state index in [9.17, 15) is 0 Å². The lowest BCUT2D eigenvalue weighted by Gasteiger charge is -2.01. The van der Waals surface area contributed by atoms with Crippen LogP contribution in [0.1, 0.15) is 12.5 Å². The Kier molecular flexibility index (Phi) is 3.52. The van der Waals surface area contributed by atoms with E-state index in [0.29, 0.717) is 0 Å². The summed E-state index contributed by atoms with van der Waals surface area (Å²) in [5.74, 6) is 0. The van der Waals surface area contributed by atoms with Crippen LogP contribution in [0.5, 0.6) is 0 Å². The van der Waals surface area contributed by atoms with Crippen molar-refractivity contribution in [2.24, 2.45) is 5.16 Å². The van der Waals surface area contributed by atoms with E-state index in [1.165, 1.54) is 3.57 Å². The maximum atomic E-state index is 4.70. The van der Waals surface area contributed by atoms with Crippen LogP contribution in [-0.4, -0.2) is 12.8 Å². The number of halogens is 1. The van der Waals surface area contributed by atoms with Crippen LogP contribution in [0.2, 0.25) is 0 Å². The molecule has 12 heavy (non-hydrogen) atoms. The molecule has 0 bridgehead atoms. The molecule has 0 saturated carbocycles. The van der Waals surface area contributed by atoms with Crippen molar-refractivity contribution in [1.29, 1.82) is 0 Å². The van der Waals surface area contributed by atoms with Crippen LogP contribution in [0.25, 0.3) is 0 Å². The molecule has 0 amide bonds. The highest BCUT2D eigenvalue weighted by Crippen LogP contribution is 2.12. The van der Waals surface area contributed by atoms with Gasteiger partial charge in [-0.3, -0.25) is 0 Å². The summed E-state index contributed by atoms with van der Waals surface area (Å²) in [4.78, 5) is 4.70. The third-order valence-corrected chi connectivity index (χ3v) is 2.43. The fraction of sp³-hybridized carbons (Fsp3) is 0.222. The van der Waals surface area contributed by atoms with E-state index >= 15 is 0 Å². The van der Waals surface area contributed by atoms with Crippen molar-refractivity contribution in [1.82, 2.24) is 0 Å². The monoisotopic (exact) mass is 275 g/mol. The molecule has 2 nitrogen and oxygen atoms in total. The zero-order chi connectivity index (χ0) is 8.97. The van der Waals surface area contributed by atoms with Crippen LogP contribution in [-0.2, 0) is 4.84 Å². The van der Waals surface area contributed by atoms with Gasteiger partial charge in [-0.05, 0) is 35.6 Å². The van der Waals surface area contributed by atoms with Gasteiger partial charge in [0.2, 0.25) is 0 Å². The van der Waals surface area contributed by atoms with E-state index in [1.807, 2.05) is 31.2 Å². The van der Waals surface area contributed by atoms with Gasteiger partial charge in [0.1, 0.15) is 7.11 Å². The van der Waals surface area contributed by atoms with Gasteiger partial charge in [-0.2, -0.15) is 0 Å². The minimum Gasteiger partial charge on any atom is -0.399 e. The van der Waals surface area contributed by atoms with Gasteiger partial charge in [-0.25, -0.2) is 0 Å². The molecule has 1 aromatic rings. The second-order valence-electron chi connectivity index (χ2n) is 2.34. The van der Waals surface area contributed by atoms with E-state index in [4.69, 9.17) is 4.84 Å². The third kappa shape index (κ3) is 2.20. The van der Waals surface area contributed by atoms with Crippen LogP contribution >= 0.6 is 22.6 Å². The Hall–Kier alpha value is -0.580. The summed E-state index contributed by atoms with van der Waals surface area (Å²) in [6.45, 7) is 1.93. The first kappa shape index (κ1) is 9.51. The maximum Gasteiger partial charge on any atom is 0.106 e. The average molecular weight is 275 g/mol. The Morgan fingerprint density at radius 3 is 2.67 bits per heavy atom. The molecule has 1 rings (SSSR count). The smallest absolute Gasteiger partial charge is 0.106 e. The number of hydrogen-bond acceptors (Lipinski definition) is 2. The Balaban J connectivity index is 3.02. The molecule has 0 heterocycles. The van der Waals surface area contributed by atoms with Gasteiger partial charge in [0.05, 0.1) is 5.71 Å². The molecular weight excluding hydrogens is 265 g/mol. The first-order valence-electron chi connectivity index (χ1n) is 3.58. The number of nitrogens with zero attached hydrogens (tertiary/aromatic N) is 1. The second-order valence-corrected chi connectivity index (χ2v) is 3.50. The molecule has 0 aliphatic carbocycles. The molecule has 0 aliphatic heterocycles. The summed E-state index contributed by atoms with van der Waals surface area (Å²) in [5, 5.41) is 3.87. The maximum absolute atomic E-state index is 4.70. The van der Waals surface area contributed by atoms with Gasteiger partial charge in [0, 0.05) is 9.13 Å². The molecule has 0 spiro atoms. The van der Waals surface area contributed by atoms with Gasteiger partial charge >= 0.3 is 0 Å². The van der Waals surface area contributed by atoms with Gasteiger partial charge in [-0.15, -0.1) is 0 Å². The fourth-order valence-corrected chi connectivity index (χ4v) is 1.72. The van der Waals surface area contributed by atoms with E-state index in [1.54, 1.807) is 7.11 Å². The molecular formula is C9H10INO. The van der Waals surface area contributed by atoms with Crippen molar-refractivity contribution in [2.45, 2.75) is 6.92 Å². The van der Waals surface area contributed by atoms with Crippen molar-refractivity contribution in [3.05, 3.63) is 33.4 Å². The van der Waals surface area contributed by atoms with Gasteiger partial charge in [0.25, 0.3) is 0 Å². The lowest BCUT2D eigenvalue weighted by molar-refractivity contribution is 0.213. The topological polar surface area (TPSA) is 21.6 Å². The Labute approximate surface area is 85.8 Å². The first-order valence-corrected chi connectivity index (χ1v) is 4.66. The SMILES string of the molecule is CON=C(C)c1ccccc1I.